The van der Waals surface area contributed by atoms with Gasteiger partial charge < -0.3 is 62.6 Å². The van der Waals surface area contributed by atoms with Crippen LogP contribution in [0.2, 0.25) is 0 Å². The Morgan fingerprint density at radius 2 is 0.571 bits per heavy atom. The minimum atomic E-state index is 0.428. The molecule has 0 fully saturated rings. The third kappa shape index (κ3) is 26.6. The quantitative estimate of drug-likeness (QED) is 0.0631. The smallest absolute Gasteiger partial charge is 0.150 e. The second-order valence-electron chi connectivity index (χ2n) is 10.1. The summed E-state index contributed by atoms with van der Waals surface area (Å²) >= 11 is 0. The number of rotatable bonds is 36. The average Bonchev–Trinajstić information content (AvgIpc) is 3.12. The Morgan fingerprint density at radius 1 is 0.347 bits per heavy atom. The maximum absolute atomic E-state index is 10.6. The molecule has 0 aliphatic heterocycles. The van der Waals surface area contributed by atoms with Crippen LogP contribution < -0.4 is 15.2 Å². The van der Waals surface area contributed by atoms with Gasteiger partial charge in [0.15, 0.2) is 0 Å². The van der Waals surface area contributed by atoms with Gasteiger partial charge in [-0.25, -0.2) is 0 Å². The molecule has 14 heteroatoms. The maximum atomic E-state index is 10.6. The van der Waals surface area contributed by atoms with Gasteiger partial charge >= 0.3 is 0 Å². The van der Waals surface area contributed by atoms with E-state index in [1.807, 2.05) is 12.1 Å². The van der Waals surface area contributed by atoms with Gasteiger partial charge in [0.25, 0.3) is 0 Å². The predicted molar refractivity (Wildman–Crippen MR) is 182 cm³/mol. The van der Waals surface area contributed by atoms with Crippen LogP contribution in [0.25, 0.3) is 0 Å². The monoisotopic (exact) mass is 697 g/mol. The molecule has 2 aromatic carbocycles. The average molecular weight is 698 g/mol. The van der Waals surface area contributed by atoms with E-state index in [1.165, 1.54) is 0 Å². The number of ether oxygens (including phenoxy) is 12. The van der Waals surface area contributed by atoms with E-state index in [9.17, 15) is 4.79 Å². The molecule has 0 atom stereocenters. The van der Waals surface area contributed by atoms with Crippen molar-refractivity contribution in [3.05, 3.63) is 54.1 Å². The molecular formula is C35H55NO13. The molecule has 0 spiro atoms. The van der Waals surface area contributed by atoms with Crippen molar-refractivity contribution in [1.82, 2.24) is 0 Å². The lowest BCUT2D eigenvalue weighted by molar-refractivity contribution is -0.0269. The van der Waals surface area contributed by atoms with Crippen LogP contribution in [0.5, 0.6) is 11.5 Å². The number of carbonyl (C=O) groups excluding carboxylic acids is 1. The number of anilines is 1. The largest absolute Gasteiger partial charge is 0.491 e. The summed E-state index contributed by atoms with van der Waals surface area (Å²) < 4.78 is 65.9. The fraction of sp³-hybridized carbons (Fsp3) is 0.629. The summed E-state index contributed by atoms with van der Waals surface area (Å²) in [6.45, 7) is 10.8. The first kappa shape index (κ1) is 42.3. The van der Waals surface area contributed by atoms with E-state index in [-0.39, 0.29) is 0 Å². The summed E-state index contributed by atoms with van der Waals surface area (Å²) in [7, 11) is 0. The minimum absolute atomic E-state index is 0.428. The fourth-order valence-electron chi connectivity index (χ4n) is 3.72. The van der Waals surface area contributed by atoms with Crippen molar-refractivity contribution in [3.63, 3.8) is 0 Å². The summed E-state index contributed by atoms with van der Waals surface area (Å²) in [6.07, 6.45) is 0.797. The lowest BCUT2D eigenvalue weighted by atomic mass is 10.2. The molecule has 278 valence electrons. The Labute approximate surface area is 290 Å². The van der Waals surface area contributed by atoms with Gasteiger partial charge in [0.2, 0.25) is 0 Å². The van der Waals surface area contributed by atoms with Crippen molar-refractivity contribution in [3.8, 4) is 11.5 Å². The molecule has 0 amide bonds. The maximum Gasteiger partial charge on any atom is 0.150 e. The standard InChI is InChI=1S/C35H55NO13/c36-33-3-7-35(8-4-33)49-30-28-47-26-24-45-22-20-43-18-16-41-14-12-39-10-9-38-11-13-40-15-17-42-19-21-44-23-25-46-27-29-48-34-5-1-32(31-37)2-6-34/h1-8,31H,9-30,36H2. The van der Waals surface area contributed by atoms with Crippen molar-refractivity contribution < 1.29 is 61.6 Å². The van der Waals surface area contributed by atoms with E-state index in [2.05, 4.69) is 0 Å². The van der Waals surface area contributed by atoms with Crippen LogP contribution in [0, 0.1) is 0 Å². The Kier molecular flexibility index (Phi) is 27.9. The molecule has 2 rings (SSSR count). The van der Waals surface area contributed by atoms with E-state index >= 15 is 0 Å². The zero-order valence-corrected chi connectivity index (χ0v) is 28.6. The van der Waals surface area contributed by atoms with Gasteiger partial charge in [0.05, 0.1) is 132 Å². The Morgan fingerprint density at radius 3 is 0.816 bits per heavy atom. The highest BCUT2D eigenvalue weighted by atomic mass is 16.6. The van der Waals surface area contributed by atoms with Crippen molar-refractivity contribution in [2.45, 2.75) is 0 Å². The van der Waals surface area contributed by atoms with Crippen molar-refractivity contribution in [2.75, 3.05) is 151 Å². The molecule has 0 aliphatic rings. The second kappa shape index (κ2) is 32.3. The normalized spacial score (nSPS) is 11.2. The minimum Gasteiger partial charge on any atom is -0.491 e. The molecular weight excluding hydrogens is 642 g/mol. The molecule has 0 radical (unpaired) electrons. The predicted octanol–water partition coefficient (Wildman–Crippen LogP) is 2.71. The molecule has 0 aromatic heterocycles. The fourth-order valence-corrected chi connectivity index (χ4v) is 3.72. The van der Waals surface area contributed by atoms with E-state index in [4.69, 9.17) is 62.6 Å². The third-order valence-electron chi connectivity index (χ3n) is 6.24. The molecule has 14 nitrogen and oxygen atoms in total. The van der Waals surface area contributed by atoms with Crippen LogP contribution in [0.15, 0.2) is 48.5 Å². The van der Waals surface area contributed by atoms with E-state index in [1.54, 1.807) is 36.4 Å². The lowest BCUT2D eigenvalue weighted by Crippen LogP contribution is -2.15. The highest BCUT2D eigenvalue weighted by molar-refractivity contribution is 5.74. The van der Waals surface area contributed by atoms with Crippen LogP contribution in [-0.2, 0) is 47.4 Å². The van der Waals surface area contributed by atoms with Gasteiger partial charge in [-0.1, -0.05) is 0 Å². The van der Waals surface area contributed by atoms with Crippen molar-refractivity contribution >= 4 is 12.0 Å². The molecule has 2 N–H and O–H groups in total. The Bertz CT molecular complexity index is 998. The highest BCUT2D eigenvalue weighted by Crippen LogP contribution is 2.13. The number of aldehydes is 1. The molecule has 0 saturated carbocycles. The van der Waals surface area contributed by atoms with Gasteiger partial charge in [-0.15, -0.1) is 0 Å². The Balaban J connectivity index is 1.15. The molecule has 0 bridgehead atoms. The van der Waals surface area contributed by atoms with E-state index in [0.29, 0.717) is 162 Å². The Hall–Kier alpha value is -2.89. The van der Waals surface area contributed by atoms with Gasteiger partial charge in [-0.3, -0.25) is 4.79 Å². The van der Waals surface area contributed by atoms with Crippen LogP contribution >= 0.6 is 0 Å². The zero-order chi connectivity index (χ0) is 34.7. The van der Waals surface area contributed by atoms with Crippen LogP contribution in [0.1, 0.15) is 10.4 Å². The third-order valence-corrected chi connectivity index (χ3v) is 6.24. The first-order valence-corrected chi connectivity index (χ1v) is 16.7. The second-order valence-corrected chi connectivity index (χ2v) is 10.1. The molecule has 0 heterocycles. The summed E-state index contributed by atoms with van der Waals surface area (Å²) in [4.78, 5) is 10.6. The molecule has 49 heavy (non-hydrogen) atoms. The van der Waals surface area contributed by atoms with Gasteiger partial charge in [0, 0.05) is 11.3 Å². The summed E-state index contributed by atoms with van der Waals surface area (Å²) in [5.74, 6) is 1.47. The van der Waals surface area contributed by atoms with Gasteiger partial charge in [-0.05, 0) is 48.5 Å². The van der Waals surface area contributed by atoms with Gasteiger partial charge in [-0.2, -0.15) is 0 Å². The summed E-state index contributed by atoms with van der Waals surface area (Å²) in [6, 6.07) is 14.2. The lowest BCUT2D eigenvalue weighted by Gasteiger charge is -2.09. The van der Waals surface area contributed by atoms with Crippen molar-refractivity contribution in [1.29, 1.82) is 0 Å². The molecule has 0 aliphatic carbocycles. The number of hydrogen-bond donors (Lipinski definition) is 1. The van der Waals surface area contributed by atoms with E-state index in [0.717, 1.165) is 12.0 Å². The number of benzene rings is 2. The number of carbonyl (C=O) groups is 1. The van der Waals surface area contributed by atoms with Gasteiger partial charge in [0.1, 0.15) is 31.0 Å². The molecule has 2 aromatic rings. The van der Waals surface area contributed by atoms with Crippen molar-refractivity contribution in [2.24, 2.45) is 0 Å². The molecule has 0 unspecified atom stereocenters. The topological polar surface area (TPSA) is 154 Å². The van der Waals surface area contributed by atoms with Crippen LogP contribution in [-0.4, -0.2) is 152 Å². The summed E-state index contributed by atoms with van der Waals surface area (Å²) in [5.41, 5.74) is 6.97. The number of hydrogen-bond acceptors (Lipinski definition) is 14. The van der Waals surface area contributed by atoms with Crippen LogP contribution in [0.3, 0.4) is 0 Å². The first-order chi connectivity index (χ1) is 24.3. The SMILES string of the molecule is Nc1ccc(OCCOCCOCCOCCOCCOCCOCCOCCOCCOCCOCCOc2ccc(C=O)cc2)cc1. The number of nitrogens with two attached hydrogens (primary N) is 1. The summed E-state index contributed by atoms with van der Waals surface area (Å²) in [5, 5.41) is 0. The zero-order valence-electron chi connectivity index (χ0n) is 28.6. The number of nitrogen functional groups attached to an aromatic ring is 1. The van der Waals surface area contributed by atoms with E-state index < -0.39 is 0 Å². The van der Waals surface area contributed by atoms with Crippen LogP contribution in [0.4, 0.5) is 5.69 Å². The molecule has 0 saturated heterocycles. The highest BCUT2D eigenvalue weighted by Gasteiger charge is 1.98. The first-order valence-electron chi connectivity index (χ1n) is 16.7.